The van der Waals surface area contributed by atoms with Crippen LogP contribution in [0.4, 0.5) is 0 Å². The van der Waals surface area contributed by atoms with Crippen molar-refractivity contribution in [3.63, 3.8) is 0 Å². The van der Waals surface area contributed by atoms with Gasteiger partial charge in [0.1, 0.15) is 6.54 Å². The summed E-state index contributed by atoms with van der Waals surface area (Å²) >= 11 is 0. The van der Waals surface area contributed by atoms with E-state index < -0.39 is 30.9 Å². The first kappa shape index (κ1) is 13.6. The second-order valence-electron chi connectivity index (χ2n) is 3.65. The van der Waals surface area contributed by atoms with Crippen LogP contribution in [0, 0.1) is 0 Å². The molecule has 3 N–H and O–H groups in total. The molecule has 1 aromatic heterocycles. The summed E-state index contributed by atoms with van der Waals surface area (Å²) in [5, 5.41) is 8.65. The fraction of sp³-hybridized carbons (Fsp3) is 0.273. The molecule has 7 heteroatoms. The topological polar surface area (TPSA) is 114 Å². The number of hydrogen-bond acceptors (Lipinski definition) is 4. The zero-order chi connectivity index (χ0) is 13.5. The molecule has 0 spiro atoms. The SMILES string of the molecule is NC(=O)CN(CC(=O)O)C(=O)Cc1cccnc1. The number of amides is 2. The zero-order valence-corrected chi connectivity index (χ0v) is 9.57. The highest BCUT2D eigenvalue weighted by molar-refractivity contribution is 5.87. The normalized spacial score (nSPS) is 9.78. The van der Waals surface area contributed by atoms with E-state index in [1.807, 2.05) is 0 Å². The molecule has 0 saturated carbocycles. The molecule has 1 aromatic rings. The maximum absolute atomic E-state index is 11.8. The summed E-state index contributed by atoms with van der Waals surface area (Å²) in [5.41, 5.74) is 5.60. The van der Waals surface area contributed by atoms with Crippen LogP contribution in [0.2, 0.25) is 0 Å². The van der Waals surface area contributed by atoms with Crippen LogP contribution < -0.4 is 5.73 Å². The third-order valence-electron chi connectivity index (χ3n) is 2.10. The van der Waals surface area contributed by atoms with Crippen LogP contribution >= 0.6 is 0 Å². The van der Waals surface area contributed by atoms with Gasteiger partial charge in [-0.3, -0.25) is 19.4 Å². The lowest BCUT2D eigenvalue weighted by Crippen LogP contribution is -2.42. The average Bonchev–Trinajstić information content (AvgIpc) is 2.28. The Labute approximate surface area is 103 Å². The van der Waals surface area contributed by atoms with Gasteiger partial charge in [0.15, 0.2) is 0 Å². The molecule has 0 fully saturated rings. The standard InChI is InChI=1S/C11H13N3O4/c12-9(15)6-14(7-11(17)18)10(16)4-8-2-1-3-13-5-8/h1-3,5H,4,6-7H2,(H2,12,15)(H,17,18). The van der Waals surface area contributed by atoms with E-state index >= 15 is 0 Å². The van der Waals surface area contributed by atoms with Gasteiger partial charge in [-0.05, 0) is 11.6 Å². The van der Waals surface area contributed by atoms with Gasteiger partial charge in [-0.2, -0.15) is 0 Å². The van der Waals surface area contributed by atoms with Crippen LogP contribution in [0.3, 0.4) is 0 Å². The highest BCUT2D eigenvalue weighted by Crippen LogP contribution is 2.01. The van der Waals surface area contributed by atoms with E-state index in [1.165, 1.54) is 6.20 Å². The van der Waals surface area contributed by atoms with Crippen LogP contribution in [0.5, 0.6) is 0 Å². The minimum Gasteiger partial charge on any atom is -0.480 e. The van der Waals surface area contributed by atoms with Crippen LogP contribution in [0.15, 0.2) is 24.5 Å². The van der Waals surface area contributed by atoms with Crippen molar-refractivity contribution >= 4 is 17.8 Å². The van der Waals surface area contributed by atoms with E-state index in [-0.39, 0.29) is 6.42 Å². The molecule has 0 aliphatic rings. The number of carboxylic acid groups (broad SMARTS) is 1. The molecule has 0 unspecified atom stereocenters. The van der Waals surface area contributed by atoms with E-state index in [2.05, 4.69) is 4.98 Å². The third-order valence-corrected chi connectivity index (χ3v) is 2.10. The van der Waals surface area contributed by atoms with Gasteiger partial charge in [-0.25, -0.2) is 0 Å². The van der Waals surface area contributed by atoms with Crippen molar-refractivity contribution in [2.45, 2.75) is 6.42 Å². The maximum atomic E-state index is 11.8. The molecule has 2 amide bonds. The smallest absolute Gasteiger partial charge is 0.323 e. The number of carboxylic acids is 1. The van der Waals surface area contributed by atoms with Gasteiger partial charge in [0, 0.05) is 12.4 Å². The van der Waals surface area contributed by atoms with Crippen molar-refractivity contribution in [3.05, 3.63) is 30.1 Å². The lowest BCUT2D eigenvalue weighted by atomic mass is 10.2. The Morgan fingerprint density at radius 1 is 1.33 bits per heavy atom. The molecule has 0 aromatic carbocycles. The van der Waals surface area contributed by atoms with Crippen molar-refractivity contribution in [2.24, 2.45) is 5.73 Å². The summed E-state index contributed by atoms with van der Waals surface area (Å²) in [6, 6.07) is 3.35. The second-order valence-corrected chi connectivity index (χ2v) is 3.65. The molecule has 0 saturated heterocycles. The molecule has 1 heterocycles. The first-order chi connectivity index (χ1) is 8.49. The number of nitrogens with two attached hydrogens (primary N) is 1. The van der Waals surface area contributed by atoms with Crippen molar-refractivity contribution in [2.75, 3.05) is 13.1 Å². The lowest BCUT2D eigenvalue weighted by molar-refractivity contribution is -0.145. The van der Waals surface area contributed by atoms with E-state index in [9.17, 15) is 14.4 Å². The van der Waals surface area contributed by atoms with E-state index in [4.69, 9.17) is 10.8 Å². The highest BCUT2D eigenvalue weighted by Gasteiger charge is 2.18. The number of aliphatic carboxylic acids is 1. The Balaban J connectivity index is 2.69. The average molecular weight is 251 g/mol. The minimum atomic E-state index is -1.20. The van der Waals surface area contributed by atoms with Crippen molar-refractivity contribution in [1.82, 2.24) is 9.88 Å². The number of carbonyl (C=O) groups is 3. The Kier molecular flexibility index (Phi) is 4.79. The van der Waals surface area contributed by atoms with Crippen LogP contribution in [0.1, 0.15) is 5.56 Å². The Morgan fingerprint density at radius 2 is 2.06 bits per heavy atom. The molecule has 0 atom stereocenters. The predicted molar refractivity (Wildman–Crippen MR) is 61.4 cm³/mol. The summed E-state index contributed by atoms with van der Waals surface area (Å²) in [5.74, 6) is -2.43. The molecular formula is C11H13N3O4. The molecule has 0 aliphatic carbocycles. The number of hydrogen-bond donors (Lipinski definition) is 2. The van der Waals surface area contributed by atoms with Crippen molar-refractivity contribution in [3.8, 4) is 0 Å². The summed E-state index contributed by atoms with van der Waals surface area (Å²) < 4.78 is 0. The molecular weight excluding hydrogens is 238 g/mol. The molecule has 0 bridgehead atoms. The van der Waals surface area contributed by atoms with E-state index in [0.717, 1.165) is 4.90 Å². The van der Waals surface area contributed by atoms with Gasteiger partial charge >= 0.3 is 5.97 Å². The summed E-state index contributed by atoms with van der Waals surface area (Å²) in [7, 11) is 0. The Hall–Kier alpha value is -2.44. The van der Waals surface area contributed by atoms with E-state index in [0.29, 0.717) is 5.56 Å². The molecule has 1 rings (SSSR count). The largest absolute Gasteiger partial charge is 0.480 e. The predicted octanol–water partition coefficient (Wildman–Crippen LogP) is -0.977. The molecule has 0 radical (unpaired) electrons. The monoisotopic (exact) mass is 251 g/mol. The number of rotatable bonds is 6. The third kappa shape index (κ3) is 4.60. The van der Waals surface area contributed by atoms with Gasteiger partial charge in [0.05, 0.1) is 13.0 Å². The van der Waals surface area contributed by atoms with Gasteiger partial charge in [0.2, 0.25) is 11.8 Å². The van der Waals surface area contributed by atoms with E-state index in [1.54, 1.807) is 18.3 Å². The molecule has 0 aliphatic heterocycles. The van der Waals surface area contributed by atoms with Gasteiger partial charge < -0.3 is 15.7 Å². The first-order valence-electron chi connectivity index (χ1n) is 5.16. The summed E-state index contributed by atoms with van der Waals surface area (Å²) in [6.07, 6.45) is 3.04. The lowest BCUT2D eigenvalue weighted by Gasteiger charge is -2.18. The highest BCUT2D eigenvalue weighted by atomic mass is 16.4. The zero-order valence-electron chi connectivity index (χ0n) is 9.57. The quantitative estimate of drug-likeness (QED) is 0.674. The number of nitrogens with zero attached hydrogens (tertiary/aromatic N) is 2. The number of primary amides is 1. The van der Waals surface area contributed by atoms with Crippen LogP contribution in [-0.4, -0.2) is 45.9 Å². The van der Waals surface area contributed by atoms with Gasteiger partial charge in [-0.15, -0.1) is 0 Å². The number of aromatic nitrogens is 1. The van der Waals surface area contributed by atoms with Crippen LogP contribution in [0.25, 0.3) is 0 Å². The second kappa shape index (κ2) is 6.33. The van der Waals surface area contributed by atoms with Crippen molar-refractivity contribution < 1.29 is 19.5 Å². The first-order valence-corrected chi connectivity index (χ1v) is 5.16. The number of carbonyl (C=O) groups excluding carboxylic acids is 2. The fourth-order valence-electron chi connectivity index (χ4n) is 1.37. The Bertz CT molecular complexity index is 431. The molecule has 96 valence electrons. The van der Waals surface area contributed by atoms with Crippen LogP contribution in [-0.2, 0) is 20.8 Å². The number of pyridine rings is 1. The van der Waals surface area contributed by atoms with Gasteiger partial charge in [0.25, 0.3) is 0 Å². The minimum absolute atomic E-state index is 0.0194. The molecule has 18 heavy (non-hydrogen) atoms. The Morgan fingerprint density at radius 3 is 2.56 bits per heavy atom. The maximum Gasteiger partial charge on any atom is 0.323 e. The van der Waals surface area contributed by atoms with Crippen molar-refractivity contribution in [1.29, 1.82) is 0 Å². The summed E-state index contributed by atoms with van der Waals surface area (Å²) in [4.78, 5) is 37.9. The molecule has 7 nitrogen and oxygen atoms in total. The fourth-order valence-corrected chi connectivity index (χ4v) is 1.37. The van der Waals surface area contributed by atoms with Gasteiger partial charge in [-0.1, -0.05) is 6.07 Å². The summed E-state index contributed by atoms with van der Waals surface area (Å²) in [6.45, 7) is -0.965.